The molecule has 2 aliphatic heterocycles. The van der Waals surface area contributed by atoms with Crippen LogP contribution >= 0.6 is 115 Å². The second-order valence-electron chi connectivity index (χ2n) is 19.0. The number of hydrogen-bond acceptors (Lipinski definition) is 21. The van der Waals surface area contributed by atoms with E-state index >= 15 is 0 Å². The minimum Gasteiger partial charge on any atom is -0.379 e. The van der Waals surface area contributed by atoms with Gasteiger partial charge in [-0.3, -0.25) is 34.2 Å². The minimum atomic E-state index is -0.314. The lowest BCUT2D eigenvalue weighted by Crippen LogP contribution is -2.31. The number of anilines is 3. The molecule has 0 spiro atoms. The van der Waals surface area contributed by atoms with Crippen LogP contribution in [0.4, 0.5) is 24.6 Å². The van der Waals surface area contributed by atoms with Gasteiger partial charge in [-0.15, -0.1) is 91.2 Å². The largest absolute Gasteiger partial charge is 0.379 e. The van der Waals surface area contributed by atoms with Gasteiger partial charge >= 0.3 is 0 Å². The smallest absolute Gasteiger partial charge is 0.293 e. The zero-order valence-corrected chi connectivity index (χ0v) is 56.4. The van der Waals surface area contributed by atoms with E-state index in [1.54, 1.807) is 68.8 Å². The maximum absolute atomic E-state index is 12.7. The van der Waals surface area contributed by atoms with Crippen LogP contribution in [0.2, 0.25) is 0 Å². The molecule has 2 aliphatic rings. The Morgan fingerprint density at radius 1 is 0.476 bits per heavy atom. The summed E-state index contributed by atoms with van der Waals surface area (Å²) in [5.74, 6) is 0.918. The van der Waals surface area contributed by atoms with Gasteiger partial charge in [-0.1, -0.05) is 25.7 Å². The highest BCUT2D eigenvalue weighted by Crippen LogP contribution is 2.41. The topological polar surface area (TPSA) is 173 Å². The normalized spacial score (nSPS) is 13.9. The molecule has 0 atom stereocenters. The predicted octanol–water partition coefficient (Wildman–Crippen LogP) is 15.4. The molecule has 4 amide bonds. The average molecular weight is 1340 g/mol. The summed E-state index contributed by atoms with van der Waals surface area (Å²) in [5.41, 5.74) is 5.26. The fraction of sp³-hybridized carbons (Fsp3) is 0.441. The van der Waals surface area contributed by atoms with Gasteiger partial charge in [0.25, 0.3) is 22.3 Å². The van der Waals surface area contributed by atoms with Crippen LogP contribution in [0.3, 0.4) is 0 Å². The number of thioether (sulfide) groups is 2. The summed E-state index contributed by atoms with van der Waals surface area (Å²) in [5, 5.41) is 5.32. The summed E-state index contributed by atoms with van der Waals surface area (Å²) >= 11 is 23.1. The molecular weight excluding hydrogens is 1260 g/mol. The molecule has 2 fully saturated rings. The molecular formula is C59H76Cl2N6O9S8. The first kappa shape index (κ1) is 70.9. The quantitative estimate of drug-likeness (QED) is 0.0177. The number of carbonyl (C=O) groups excluding carboxylic acids is 5. The van der Waals surface area contributed by atoms with E-state index in [-0.39, 0.29) is 28.8 Å². The van der Waals surface area contributed by atoms with E-state index in [0.717, 1.165) is 116 Å². The van der Waals surface area contributed by atoms with E-state index in [9.17, 15) is 24.0 Å². The van der Waals surface area contributed by atoms with Crippen molar-refractivity contribution < 1.29 is 42.9 Å². The van der Waals surface area contributed by atoms with Crippen LogP contribution in [0.5, 0.6) is 0 Å². The number of thiophene rings is 6. The van der Waals surface area contributed by atoms with Gasteiger partial charge in [0.05, 0.1) is 75.9 Å². The highest BCUT2D eigenvalue weighted by atomic mass is 35.5. The molecule has 0 unspecified atom stereocenters. The second kappa shape index (κ2) is 39.8. The van der Waals surface area contributed by atoms with Crippen LogP contribution < -0.4 is 25.8 Å². The number of rotatable bonds is 32. The summed E-state index contributed by atoms with van der Waals surface area (Å²) in [7, 11) is 12.1. The van der Waals surface area contributed by atoms with E-state index in [4.69, 9.17) is 47.9 Å². The van der Waals surface area contributed by atoms with Crippen molar-refractivity contribution in [3.63, 3.8) is 0 Å². The lowest BCUT2D eigenvalue weighted by atomic mass is 10.2. The van der Waals surface area contributed by atoms with Crippen molar-refractivity contribution in [3.05, 3.63) is 97.2 Å². The molecule has 458 valence electrons. The van der Waals surface area contributed by atoms with E-state index in [0.29, 0.717) is 62.6 Å². The van der Waals surface area contributed by atoms with E-state index in [1.165, 1.54) is 58.7 Å². The number of carbonyl (C=O) groups is 5. The molecule has 25 heteroatoms. The monoisotopic (exact) mass is 1340 g/mol. The highest BCUT2D eigenvalue weighted by molar-refractivity contribution is 8.18. The number of ether oxygens (including phenoxy) is 4. The van der Waals surface area contributed by atoms with E-state index in [1.807, 2.05) is 72.6 Å². The number of halogens is 2. The van der Waals surface area contributed by atoms with Gasteiger partial charge in [-0.05, 0) is 134 Å². The van der Waals surface area contributed by atoms with Crippen molar-refractivity contribution >= 4 is 170 Å². The first-order chi connectivity index (χ1) is 40.6. The van der Waals surface area contributed by atoms with Gasteiger partial charge in [0.1, 0.15) is 0 Å². The van der Waals surface area contributed by atoms with Gasteiger partial charge in [-0.2, -0.15) is 0 Å². The number of alkyl halides is 2. The number of unbranched alkanes of at least 4 members (excludes halogenated alkanes) is 6. The molecule has 0 saturated carbocycles. The summed E-state index contributed by atoms with van der Waals surface area (Å²) in [6.45, 7) is 5.59. The third-order valence-electron chi connectivity index (χ3n) is 11.7. The number of nitrogens with zero attached hydrogens (tertiary/aromatic N) is 4. The highest BCUT2D eigenvalue weighted by Gasteiger charge is 2.35. The molecule has 0 radical (unpaired) electrons. The van der Waals surface area contributed by atoms with Crippen molar-refractivity contribution in [1.29, 1.82) is 0 Å². The fourth-order valence-corrected chi connectivity index (χ4v) is 15.2. The Kier molecular flexibility index (Phi) is 33.6. The molecule has 0 bridgehead atoms. The van der Waals surface area contributed by atoms with E-state index in [2.05, 4.69) is 62.5 Å². The van der Waals surface area contributed by atoms with Gasteiger partial charge in [0, 0.05) is 113 Å². The zero-order chi connectivity index (χ0) is 60.6. The fourth-order valence-electron chi connectivity index (χ4n) is 7.34. The number of amides is 4. The number of nitrogens with one attached hydrogen (secondary N) is 1. The number of nitrogens with two attached hydrogens (primary N) is 1. The SMILES string of the molecule is CN(C)c1ccc(-c2ccc(/C=C3\SC(=O)N(CCOCCOCCCCCCCl)C3=O)s2)s1.CN(C)c1ccc(-c2ccc(/C=C3\SC(=O)NC3=O)s2)s1.CN(C)c1ccc(-c2ccc(C=O)s2)s1.NCCOCCOCCCCCCCl. The summed E-state index contributed by atoms with van der Waals surface area (Å²) in [6.07, 6.45) is 13.4. The van der Waals surface area contributed by atoms with Gasteiger partial charge in [-0.25, -0.2) is 0 Å². The maximum Gasteiger partial charge on any atom is 0.293 e. The Labute approximate surface area is 537 Å². The summed E-state index contributed by atoms with van der Waals surface area (Å²) < 4.78 is 21.6. The number of imide groups is 2. The Balaban J connectivity index is 0.000000220. The molecule has 2 saturated heterocycles. The Morgan fingerprint density at radius 2 is 0.869 bits per heavy atom. The molecule has 84 heavy (non-hydrogen) atoms. The Morgan fingerprint density at radius 3 is 1.26 bits per heavy atom. The van der Waals surface area contributed by atoms with Gasteiger partial charge in [0.15, 0.2) is 6.29 Å². The van der Waals surface area contributed by atoms with E-state index < -0.39 is 0 Å². The molecule has 3 N–H and O–H groups in total. The zero-order valence-electron chi connectivity index (χ0n) is 48.4. The molecule has 6 aromatic heterocycles. The number of aldehydes is 1. The maximum atomic E-state index is 12.7. The van der Waals surface area contributed by atoms with Crippen molar-refractivity contribution in [1.82, 2.24) is 10.2 Å². The first-order valence-corrected chi connectivity index (χ1v) is 34.9. The molecule has 8 rings (SSSR count). The Bertz CT molecular complexity index is 2990. The van der Waals surface area contributed by atoms with Gasteiger partial charge < -0.3 is 39.4 Å². The molecule has 0 aliphatic carbocycles. The minimum absolute atomic E-state index is 0.249. The second-order valence-corrected chi connectivity index (χ2v) is 28.2. The number of hydrogen-bond donors (Lipinski definition) is 2. The molecule has 0 aromatic carbocycles. The van der Waals surface area contributed by atoms with Crippen molar-refractivity contribution in [3.8, 4) is 29.3 Å². The lowest BCUT2D eigenvalue weighted by Gasteiger charge is -2.12. The van der Waals surface area contributed by atoms with Crippen LogP contribution in [-0.4, -0.2) is 153 Å². The molecule has 6 aromatic rings. The lowest BCUT2D eigenvalue weighted by molar-refractivity contribution is -0.123. The first-order valence-electron chi connectivity index (χ1n) is 27.3. The van der Waals surface area contributed by atoms with Crippen LogP contribution in [0.1, 0.15) is 70.8 Å². The van der Waals surface area contributed by atoms with Crippen molar-refractivity contribution in [2.75, 3.05) is 135 Å². The van der Waals surface area contributed by atoms with Crippen LogP contribution in [0, 0.1) is 0 Å². The van der Waals surface area contributed by atoms with Crippen molar-refractivity contribution in [2.45, 2.75) is 51.4 Å². The van der Waals surface area contributed by atoms with Crippen molar-refractivity contribution in [2.24, 2.45) is 5.73 Å². The predicted molar refractivity (Wildman–Crippen MR) is 364 cm³/mol. The Hall–Kier alpha value is -3.89. The standard InChI is InChI=1S/C24H31ClN2O4S3.C14H12N2O2S3.C11H11NOS2.C10H22ClNO2/c1-26(2)22-10-9-20(33-22)19-8-7-18(32-19)17-21-23(28)27(24(29)34-21)12-14-31-16-15-30-13-6-4-3-5-11-25;1-16(2)12-6-5-10(20-12)9-4-3-8(19-9)7-11-13(17)15-14(18)21-11;1-12(2)11-6-5-10(15-11)9-4-3-8(7-13)14-9;11-5-3-1-2-4-7-13-9-10-14-8-6-12/h7-10,17H,3-6,11-16H2,1-2H3;3-7H,1-2H3,(H,15,17,18);3-7H,1-2H3;1-10,12H2/b21-17-;11-7-;;. The van der Waals surface area contributed by atoms with Gasteiger partial charge in [0.2, 0.25) is 0 Å². The molecule has 8 heterocycles. The van der Waals surface area contributed by atoms with Crippen LogP contribution in [0.15, 0.2) is 82.6 Å². The van der Waals surface area contributed by atoms with Crippen LogP contribution in [-0.2, 0) is 28.5 Å². The third kappa shape index (κ3) is 25.1. The third-order valence-corrected chi connectivity index (χ3v) is 21.4. The average Bonchev–Trinajstić information content (AvgIpc) is 4.25. The summed E-state index contributed by atoms with van der Waals surface area (Å²) in [6, 6.07) is 24.5. The van der Waals surface area contributed by atoms with Crippen LogP contribution in [0.25, 0.3) is 41.4 Å². The molecule has 15 nitrogen and oxygen atoms in total. The summed E-state index contributed by atoms with van der Waals surface area (Å²) in [4.78, 5) is 76.5.